The molecule has 1 rings (SSSR count). The number of hydrogen-bond acceptors (Lipinski definition) is 3. The molecule has 1 amide bonds. The largest absolute Gasteiger partial charge is 0.481 e. The van der Waals surface area contributed by atoms with Gasteiger partial charge in [0.15, 0.2) is 0 Å². The van der Waals surface area contributed by atoms with Crippen LogP contribution in [0, 0.1) is 0 Å². The lowest BCUT2D eigenvalue weighted by atomic mass is 10.2. The van der Waals surface area contributed by atoms with Crippen LogP contribution in [-0.2, 0) is 14.3 Å². The maximum absolute atomic E-state index is 11.7. The summed E-state index contributed by atoms with van der Waals surface area (Å²) in [5.41, 5.74) is 0. The van der Waals surface area contributed by atoms with Crippen LogP contribution in [0.15, 0.2) is 0 Å². The van der Waals surface area contributed by atoms with Gasteiger partial charge in [0.1, 0.15) is 0 Å². The van der Waals surface area contributed by atoms with E-state index in [4.69, 9.17) is 9.84 Å². The molecule has 0 aromatic rings. The van der Waals surface area contributed by atoms with Gasteiger partial charge in [0, 0.05) is 26.6 Å². The van der Waals surface area contributed by atoms with E-state index in [-0.39, 0.29) is 12.3 Å². The number of methoxy groups -OCH3 is 1. The van der Waals surface area contributed by atoms with Crippen LogP contribution in [0.5, 0.6) is 0 Å². The van der Waals surface area contributed by atoms with Gasteiger partial charge in [-0.15, -0.1) is 0 Å². The lowest BCUT2D eigenvalue weighted by Crippen LogP contribution is -2.38. The van der Waals surface area contributed by atoms with Crippen molar-refractivity contribution in [2.24, 2.45) is 0 Å². The average Bonchev–Trinajstić information content (AvgIpc) is 2.42. The van der Waals surface area contributed by atoms with Crippen LogP contribution in [0.1, 0.15) is 32.1 Å². The molecule has 5 nitrogen and oxygen atoms in total. The number of carboxylic acid groups (broad SMARTS) is 1. The number of amides is 1. The molecule has 5 heteroatoms. The van der Waals surface area contributed by atoms with Gasteiger partial charge in [0.2, 0.25) is 5.91 Å². The molecule has 0 bridgehead atoms. The Morgan fingerprint density at radius 1 is 1.50 bits per heavy atom. The maximum atomic E-state index is 11.7. The molecule has 1 heterocycles. The van der Waals surface area contributed by atoms with E-state index in [1.165, 1.54) is 7.11 Å². The van der Waals surface area contributed by atoms with Gasteiger partial charge in [-0.3, -0.25) is 9.59 Å². The fourth-order valence-corrected chi connectivity index (χ4v) is 1.89. The summed E-state index contributed by atoms with van der Waals surface area (Å²) in [6.07, 6.45) is 3.11. The molecule has 0 aromatic heterocycles. The highest BCUT2D eigenvalue weighted by molar-refractivity contribution is 5.76. The number of carbonyl (C=O) groups excluding carboxylic acids is 1. The average molecular weight is 229 g/mol. The summed E-state index contributed by atoms with van der Waals surface area (Å²) in [7, 11) is 1.48. The minimum atomic E-state index is -0.894. The number of carboxylic acids is 1. The molecule has 0 radical (unpaired) electrons. The van der Waals surface area contributed by atoms with E-state index in [9.17, 15) is 9.59 Å². The lowest BCUT2D eigenvalue weighted by molar-refractivity contribution is -0.142. The van der Waals surface area contributed by atoms with Crippen molar-refractivity contribution in [1.29, 1.82) is 0 Å². The fraction of sp³-hybridized carbons (Fsp3) is 0.818. The zero-order chi connectivity index (χ0) is 12.0. The second-order valence-electron chi connectivity index (χ2n) is 4.11. The third-order valence-electron chi connectivity index (χ3n) is 2.83. The summed E-state index contributed by atoms with van der Waals surface area (Å²) < 4.78 is 5.08. The van der Waals surface area contributed by atoms with Crippen molar-refractivity contribution in [3.8, 4) is 0 Å². The van der Waals surface area contributed by atoms with Crippen molar-refractivity contribution in [1.82, 2.24) is 4.90 Å². The number of rotatable bonds is 5. The summed E-state index contributed by atoms with van der Waals surface area (Å²) >= 11 is 0. The van der Waals surface area contributed by atoms with Gasteiger partial charge in [0.05, 0.1) is 12.5 Å². The van der Waals surface area contributed by atoms with Gasteiger partial charge in [-0.05, 0) is 12.8 Å². The highest BCUT2D eigenvalue weighted by Crippen LogP contribution is 2.12. The standard InChI is InChI=1S/C11H19NO4/c1-16-9(7-11(14)15)8-12-6-4-2-3-5-10(12)13/h9H,2-8H2,1H3,(H,14,15). The molecule has 16 heavy (non-hydrogen) atoms. The SMILES string of the molecule is COC(CC(=O)O)CN1CCCCCC1=O. The van der Waals surface area contributed by atoms with Gasteiger partial charge in [0.25, 0.3) is 0 Å². The lowest BCUT2D eigenvalue weighted by Gasteiger charge is -2.24. The second kappa shape index (κ2) is 6.48. The van der Waals surface area contributed by atoms with E-state index in [1.807, 2.05) is 0 Å². The topological polar surface area (TPSA) is 66.8 Å². The number of hydrogen-bond donors (Lipinski definition) is 1. The summed E-state index contributed by atoms with van der Waals surface area (Å²) in [6, 6.07) is 0. The van der Waals surface area contributed by atoms with Gasteiger partial charge in [-0.2, -0.15) is 0 Å². The molecule has 92 valence electrons. The van der Waals surface area contributed by atoms with Gasteiger partial charge in [-0.1, -0.05) is 6.42 Å². The van der Waals surface area contributed by atoms with Crippen LogP contribution in [-0.4, -0.2) is 48.2 Å². The first-order valence-corrected chi connectivity index (χ1v) is 5.66. The van der Waals surface area contributed by atoms with Gasteiger partial charge < -0.3 is 14.7 Å². The van der Waals surface area contributed by atoms with Crippen molar-refractivity contribution in [2.75, 3.05) is 20.2 Å². The minimum Gasteiger partial charge on any atom is -0.481 e. The number of carbonyl (C=O) groups is 2. The van der Waals surface area contributed by atoms with Crippen LogP contribution in [0.25, 0.3) is 0 Å². The molecule has 1 fully saturated rings. The molecule has 0 saturated carbocycles. The predicted octanol–water partition coefficient (Wildman–Crippen LogP) is 0.879. The molecule has 0 aliphatic carbocycles. The van der Waals surface area contributed by atoms with E-state index in [2.05, 4.69) is 0 Å². The van der Waals surface area contributed by atoms with Crippen LogP contribution in [0.2, 0.25) is 0 Å². The molecule has 1 aliphatic rings. The maximum Gasteiger partial charge on any atom is 0.306 e. The molecular weight excluding hydrogens is 210 g/mol. The Hall–Kier alpha value is -1.10. The monoisotopic (exact) mass is 229 g/mol. The number of likely N-dealkylation sites (tertiary alicyclic amines) is 1. The summed E-state index contributed by atoms with van der Waals surface area (Å²) in [6.45, 7) is 1.11. The number of nitrogens with zero attached hydrogens (tertiary/aromatic N) is 1. The van der Waals surface area contributed by atoms with Crippen molar-refractivity contribution in [3.63, 3.8) is 0 Å². The Bertz CT molecular complexity index is 254. The molecule has 0 spiro atoms. The Morgan fingerprint density at radius 3 is 2.88 bits per heavy atom. The molecule has 1 unspecified atom stereocenters. The summed E-state index contributed by atoms with van der Waals surface area (Å²) in [5.74, 6) is -0.779. The van der Waals surface area contributed by atoms with Crippen LogP contribution >= 0.6 is 0 Å². The van der Waals surface area contributed by atoms with Crippen LogP contribution < -0.4 is 0 Å². The molecule has 1 N–H and O–H groups in total. The quantitative estimate of drug-likeness (QED) is 0.760. The smallest absolute Gasteiger partial charge is 0.306 e. The predicted molar refractivity (Wildman–Crippen MR) is 58.1 cm³/mol. The first-order valence-electron chi connectivity index (χ1n) is 5.66. The van der Waals surface area contributed by atoms with Crippen LogP contribution in [0.3, 0.4) is 0 Å². The third-order valence-corrected chi connectivity index (χ3v) is 2.83. The Balaban J connectivity index is 2.48. The van der Waals surface area contributed by atoms with Crippen molar-refractivity contribution >= 4 is 11.9 Å². The molecular formula is C11H19NO4. The second-order valence-corrected chi connectivity index (χ2v) is 4.11. The van der Waals surface area contributed by atoms with Crippen molar-refractivity contribution < 1.29 is 19.4 Å². The van der Waals surface area contributed by atoms with E-state index in [0.717, 1.165) is 25.8 Å². The minimum absolute atomic E-state index is 0.0553. The molecule has 0 aromatic carbocycles. The molecule has 1 saturated heterocycles. The highest BCUT2D eigenvalue weighted by atomic mass is 16.5. The van der Waals surface area contributed by atoms with Crippen LogP contribution in [0.4, 0.5) is 0 Å². The Morgan fingerprint density at radius 2 is 2.25 bits per heavy atom. The van der Waals surface area contributed by atoms with Gasteiger partial charge >= 0.3 is 5.97 Å². The Labute approximate surface area is 95.4 Å². The zero-order valence-electron chi connectivity index (χ0n) is 9.65. The van der Waals surface area contributed by atoms with E-state index < -0.39 is 12.1 Å². The first kappa shape index (κ1) is 13.0. The molecule has 1 aliphatic heterocycles. The van der Waals surface area contributed by atoms with Gasteiger partial charge in [-0.25, -0.2) is 0 Å². The van der Waals surface area contributed by atoms with E-state index in [1.54, 1.807) is 4.90 Å². The Kier molecular flexibility index (Phi) is 5.25. The number of ether oxygens (including phenoxy) is 1. The first-order chi connectivity index (χ1) is 7.63. The number of aliphatic carboxylic acids is 1. The van der Waals surface area contributed by atoms with E-state index in [0.29, 0.717) is 13.0 Å². The van der Waals surface area contributed by atoms with Crippen molar-refractivity contribution in [3.05, 3.63) is 0 Å². The third kappa shape index (κ3) is 4.18. The van der Waals surface area contributed by atoms with E-state index >= 15 is 0 Å². The summed E-state index contributed by atoms with van der Waals surface area (Å²) in [5, 5.41) is 8.68. The highest BCUT2D eigenvalue weighted by Gasteiger charge is 2.21. The zero-order valence-corrected chi connectivity index (χ0v) is 9.65. The summed E-state index contributed by atoms with van der Waals surface area (Å²) in [4.78, 5) is 24.0. The normalized spacial score (nSPS) is 19.3. The molecule has 1 atom stereocenters. The fourth-order valence-electron chi connectivity index (χ4n) is 1.89. The van der Waals surface area contributed by atoms with Crippen molar-refractivity contribution in [2.45, 2.75) is 38.2 Å².